The van der Waals surface area contributed by atoms with E-state index in [1.165, 1.54) is 0 Å². The number of hydrogen-bond acceptors (Lipinski definition) is 2. The van der Waals surface area contributed by atoms with E-state index in [1.54, 1.807) is 6.07 Å². The van der Waals surface area contributed by atoms with Gasteiger partial charge in [0.15, 0.2) is 5.75 Å². The van der Waals surface area contributed by atoms with Gasteiger partial charge in [-0.25, -0.2) is 0 Å². The predicted octanol–water partition coefficient (Wildman–Crippen LogP) is 4.26. The van der Waals surface area contributed by atoms with Crippen molar-refractivity contribution < 1.29 is 4.74 Å². The first-order chi connectivity index (χ1) is 8.18. The van der Waals surface area contributed by atoms with Crippen molar-refractivity contribution in [1.82, 2.24) is 0 Å². The van der Waals surface area contributed by atoms with Gasteiger partial charge in [0.05, 0.1) is 10.2 Å². The van der Waals surface area contributed by atoms with E-state index >= 15 is 0 Å². The highest BCUT2D eigenvalue weighted by molar-refractivity contribution is 9.10. The lowest BCUT2D eigenvalue weighted by Gasteiger charge is -2.11. The van der Waals surface area contributed by atoms with Crippen LogP contribution in [0.5, 0.6) is 5.75 Å². The lowest BCUT2D eigenvalue weighted by molar-refractivity contribution is 0.306. The first-order valence-electron chi connectivity index (χ1n) is 5.08. The molecule has 0 heterocycles. The van der Waals surface area contributed by atoms with Gasteiger partial charge >= 0.3 is 0 Å². The zero-order valence-corrected chi connectivity index (χ0v) is 11.3. The summed E-state index contributed by atoms with van der Waals surface area (Å²) in [6.07, 6.45) is 0. The number of nitrogen functional groups attached to an aromatic ring is 1. The van der Waals surface area contributed by atoms with Gasteiger partial charge in [0.2, 0.25) is 0 Å². The van der Waals surface area contributed by atoms with Crippen molar-refractivity contribution in [2.75, 3.05) is 5.73 Å². The molecule has 2 nitrogen and oxygen atoms in total. The minimum atomic E-state index is 0.395. The normalized spacial score (nSPS) is 10.2. The van der Waals surface area contributed by atoms with E-state index in [4.69, 9.17) is 22.1 Å². The SMILES string of the molecule is Nc1cccc(Br)c1OCc1ccccc1Cl. The molecule has 0 aliphatic heterocycles. The number of hydrogen-bond donors (Lipinski definition) is 1. The van der Waals surface area contributed by atoms with Gasteiger partial charge in [-0.05, 0) is 34.1 Å². The Morgan fingerprint density at radius 2 is 1.88 bits per heavy atom. The molecule has 0 radical (unpaired) electrons. The van der Waals surface area contributed by atoms with Crippen LogP contribution in [-0.4, -0.2) is 0 Å². The third-order valence-corrected chi connectivity index (χ3v) is 3.32. The predicted molar refractivity (Wildman–Crippen MR) is 74.3 cm³/mol. The molecule has 0 spiro atoms. The Hall–Kier alpha value is -1.19. The molecular weight excluding hydrogens is 302 g/mol. The Kier molecular flexibility index (Phi) is 3.92. The Morgan fingerprint density at radius 1 is 1.12 bits per heavy atom. The standard InChI is InChI=1S/C13H11BrClNO/c14-10-5-3-7-12(16)13(10)17-8-9-4-1-2-6-11(9)15/h1-7H,8,16H2. The van der Waals surface area contributed by atoms with E-state index in [-0.39, 0.29) is 0 Å². The van der Waals surface area contributed by atoms with Crippen molar-refractivity contribution in [3.8, 4) is 5.75 Å². The monoisotopic (exact) mass is 311 g/mol. The topological polar surface area (TPSA) is 35.2 Å². The average Bonchev–Trinajstić information content (AvgIpc) is 2.30. The molecule has 0 unspecified atom stereocenters. The number of nitrogens with two attached hydrogens (primary N) is 1. The van der Waals surface area contributed by atoms with Crippen LogP contribution in [-0.2, 0) is 6.61 Å². The summed E-state index contributed by atoms with van der Waals surface area (Å²) in [4.78, 5) is 0. The van der Waals surface area contributed by atoms with E-state index < -0.39 is 0 Å². The van der Waals surface area contributed by atoms with Crippen LogP contribution in [0.25, 0.3) is 0 Å². The molecule has 0 atom stereocenters. The highest BCUT2D eigenvalue weighted by atomic mass is 79.9. The number of ether oxygens (including phenoxy) is 1. The summed E-state index contributed by atoms with van der Waals surface area (Å²) < 4.78 is 6.52. The second kappa shape index (κ2) is 5.43. The quantitative estimate of drug-likeness (QED) is 0.859. The molecule has 0 aromatic heterocycles. The summed E-state index contributed by atoms with van der Waals surface area (Å²) in [5.41, 5.74) is 7.37. The van der Waals surface area contributed by atoms with E-state index in [0.717, 1.165) is 10.0 Å². The number of para-hydroxylation sites is 1. The van der Waals surface area contributed by atoms with Gasteiger partial charge in [-0.3, -0.25) is 0 Å². The molecule has 88 valence electrons. The van der Waals surface area contributed by atoms with Crippen LogP contribution in [0.1, 0.15) is 5.56 Å². The molecule has 2 rings (SSSR count). The molecule has 0 saturated heterocycles. The molecule has 0 bridgehead atoms. The van der Waals surface area contributed by atoms with Crippen molar-refractivity contribution in [2.45, 2.75) is 6.61 Å². The highest BCUT2D eigenvalue weighted by Gasteiger charge is 2.06. The molecule has 0 aliphatic carbocycles. The van der Waals surface area contributed by atoms with Crippen LogP contribution >= 0.6 is 27.5 Å². The van der Waals surface area contributed by atoms with Crippen molar-refractivity contribution in [1.29, 1.82) is 0 Å². The summed E-state index contributed by atoms with van der Waals surface area (Å²) in [6.45, 7) is 0.395. The van der Waals surface area contributed by atoms with E-state index in [0.29, 0.717) is 23.1 Å². The van der Waals surface area contributed by atoms with Gasteiger partial charge in [0.25, 0.3) is 0 Å². The minimum Gasteiger partial charge on any atom is -0.485 e. The van der Waals surface area contributed by atoms with Crippen molar-refractivity contribution in [2.24, 2.45) is 0 Å². The Bertz CT molecular complexity index is 510. The lowest BCUT2D eigenvalue weighted by Crippen LogP contribution is -1.99. The van der Waals surface area contributed by atoms with Crippen LogP contribution in [0.4, 0.5) is 5.69 Å². The van der Waals surface area contributed by atoms with Gasteiger partial charge in [0, 0.05) is 10.6 Å². The summed E-state index contributed by atoms with van der Waals surface area (Å²) >= 11 is 9.45. The summed E-state index contributed by atoms with van der Waals surface area (Å²) in [5.74, 6) is 0.646. The van der Waals surface area contributed by atoms with Crippen molar-refractivity contribution >= 4 is 33.2 Å². The zero-order chi connectivity index (χ0) is 12.3. The van der Waals surface area contributed by atoms with Gasteiger partial charge in [-0.2, -0.15) is 0 Å². The van der Waals surface area contributed by atoms with Crippen LogP contribution in [0, 0.1) is 0 Å². The Morgan fingerprint density at radius 3 is 2.59 bits per heavy atom. The molecule has 0 fully saturated rings. The number of halogens is 2. The number of anilines is 1. The van der Waals surface area contributed by atoms with Crippen LogP contribution in [0.15, 0.2) is 46.9 Å². The zero-order valence-electron chi connectivity index (χ0n) is 8.99. The lowest BCUT2D eigenvalue weighted by atomic mass is 10.2. The fraction of sp³-hybridized carbons (Fsp3) is 0.0769. The minimum absolute atomic E-state index is 0.395. The third-order valence-electron chi connectivity index (χ3n) is 2.33. The molecule has 4 heteroatoms. The molecule has 2 aromatic carbocycles. The van der Waals surface area contributed by atoms with Crippen LogP contribution in [0.3, 0.4) is 0 Å². The first-order valence-corrected chi connectivity index (χ1v) is 6.26. The molecule has 0 aliphatic rings. The second-order valence-corrected chi connectivity index (χ2v) is 4.80. The fourth-order valence-corrected chi connectivity index (χ4v) is 2.13. The third kappa shape index (κ3) is 2.93. The van der Waals surface area contributed by atoms with Gasteiger partial charge in [-0.15, -0.1) is 0 Å². The summed E-state index contributed by atoms with van der Waals surface area (Å²) in [6, 6.07) is 13.1. The molecule has 2 aromatic rings. The maximum atomic E-state index is 6.05. The van der Waals surface area contributed by atoms with Gasteiger partial charge in [0.1, 0.15) is 6.61 Å². The smallest absolute Gasteiger partial charge is 0.156 e. The molecule has 0 saturated carbocycles. The van der Waals surface area contributed by atoms with Crippen LogP contribution in [0.2, 0.25) is 5.02 Å². The molecule has 17 heavy (non-hydrogen) atoms. The molecule has 0 amide bonds. The van der Waals surface area contributed by atoms with E-state index in [2.05, 4.69) is 15.9 Å². The Balaban J connectivity index is 2.16. The maximum Gasteiger partial charge on any atom is 0.156 e. The van der Waals surface area contributed by atoms with Crippen molar-refractivity contribution in [3.05, 3.63) is 57.5 Å². The van der Waals surface area contributed by atoms with Crippen molar-refractivity contribution in [3.63, 3.8) is 0 Å². The largest absolute Gasteiger partial charge is 0.485 e. The van der Waals surface area contributed by atoms with Crippen LogP contribution < -0.4 is 10.5 Å². The number of rotatable bonds is 3. The Labute approximate surface area is 113 Å². The molecule has 2 N–H and O–H groups in total. The van der Waals surface area contributed by atoms with E-state index in [9.17, 15) is 0 Å². The maximum absolute atomic E-state index is 6.05. The van der Waals surface area contributed by atoms with Gasteiger partial charge < -0.3 is 10.5 Å². The second-order valence-electron chi connectivity index (χ2n) is 3.54. The first kappa shape index (κ1) is 12.3. The summed E-state index contributed by atoms with van der Waals surface area (Å²) in [5, 5.41) is 0.693. The molecular formula is C13H11BrClNO. The van der Waals surface area contributed by atoms with Gasteiger partial charge in [-0.1, -0.05) is 35.9 Å². The number of benzene rings is 2. The highest BCUT2D eigenvalue weighted by Crippen LogP contribution is 2.32. The fourth-order valence-electron chi connectivity index (χ4n) is 1.44. The summed E-state index contributed by atoms with van der Waals surface area (Å²) in [7, 11) is 0. The van der Waals surface area contributed by atoms with E-state index in [1.807, 2.05) is 36.4 Å². The average molecular weight is 313 g/mol.